The van der Waals surface area contributed by atoms with Crippen molar-refractivity contribution in [1.29, 1.82) is 0 Å². The second-order valence-corrected chi connectivity index (χ2v) is 5.67. The molecule has 3 rings (SSSR count). The molecule has 2 aliphatic rings. The molecule has 0 aromatic carbocycles. The number of rotatable bonds is 0. The largest absolute Gasteiger partial charge is 0.332 e. The lowest BCUT2D eigenvalue weighted by Gasteiger charge is -2.29. The molecule has 2 heterocycles. The Morgan fingerprint density at radius 2 is 2.00 bits per heavy atom. The van der Waals surface area contributed by atoms with Crippen LogP contribution in [-0.4, -0.2) is 9.55 Å². The van der Waals surface area contributed by atoms with Crippen molar-refractivity contribution in [3.8, 4) is 0 Å². The number of hydrogen-bond acceptors (Lipinski definition) is 1. The van der Waals surface area contributed by atoms with Gasteiger partial charge in [-0.25, -0.2) is 4.98 Å². The van der Waals surface area contributed by atoms with E-state index in [0.717, 1.165) is 0 Å². The molecule has 0 amide bonds. The van der Waals surface area contributed by atoms with E-state index in [1.165, 1.54) is 56.6 Å². The molecule has 0 fully saturated rings. The first-order valence-electron chi connectivity index (χ1n) is 6.27. The maximum absolute atomic E-state index is 4.91. The fraction of sp³-hybridized carbons (Fsp3) is 0.769. The summed E-state index contributed by atoms with van der Waals surface area (Å²) in [6.45, 7) is 5.92. The minimum atomic E-state index is 0.317. The Kier molecular flexibility index (Phi) is 1.95. The summed E-state index contributed by atoms with van der Waals surface area (Å²) < 4.78 is 2.51. The van der Waals surface area contributed by atoms with Gasteiger partial charge < -0.3 is 4.57 Å². The molecule has 0 N–H and O–H groups in total. The monoisotopic (exact) mass is 204 g/mol. The Hall–Kier alpha value is -0.790. The van der Waals surface area contributed by atoms with Crippen molar-refractivity contribution in [2.45, 2.75) is 64.3 Å². The van der Waals surface area contributed by atoms with Crippen LogP contribution in [-0.2, 0) is 24.8 Å². The van der Waals surface area contributed by atoms with Crippen LogP contribution in [0.3, 0.4) is 0 Å². The molecule has 0 bridgehead atoms. The van der Waals surface area contributed by atoms with Crippen molar-refractivity contribution in [3.63, 3.8) is 0 Å². The Bertz CT molecular complexity index is 387. The Morgan fingerprint density at radius 1 is 1.13 bits per heavy atom. The van der Waals surface area contributed by atoms with Crippen LogP contribution in [0.4, 0.5) is 0 Å². The van der Waals surface area contributed by atoms with Crippen LogP contribution in [0.25, 0.3) is 0 Å². The van der Waals surface area contributed by atoms with Crippen LogP contribution >= 0.6 is 0 Å². The number of nitrogens with zero attached hydrogens (tertiary/aromatic N) is 2. The second-order valence-electron chi connectivity index (χ2n) is 5.67. The normalized spacial score (nSPS) is 23.3. The highest BCUT2D eigenvalue weighted by molar-refractivity contribution is 5.28. The zero-order valence-corrected chi connectivity index (χ0v) is 9.84. The van der Waals surface area contributed by atoms with Crippen molar-refractivity contribution in [1.82, 2.24) is 9.55 Å². The van der Waals surface area contributed by atoms with Gasteiger partial charge in [-0.2, -0.15) is 0 Å². The molecule has 0 atom stereocenters. The van der Waals surface area contributed by atoms with Crippen LogP contribution in [0.15, 0.2) is 0 Å². The molecular formula is C13H20N2. The van der Waals surface area contributed by atoms with Gasteiger partial charge in [-0.1, -0.05) is 13.8 Å². The number of aryl methyl sites for hydroxylation is 1. The first-order valence-corrected chi connectivity index (χ1v) is 6.27. The second kappa shape index (κ2) is 3.10. The van der Waals surface area contributed by atoms with Crippen LogP contribution in [0.5, 0.6) is 0 Å². The molecule has 82 valence electrons. The first kappa shape index (κ1) is 9.44. The molecule has 1 aliphatic heterocycles. The quantitative estimate of drug-likeness (QED) is 0.635. The summed E-state index contributed by atoms with van der Waals surface area (Å²) >= 11 is 0. The predicted molar refractivity (Wildman–Crippen MR) is 61.1 cm³/mol. The molecule has 0 spiro atoms. The lowest BCUT2D eigenvalue weighted by molar-refractivity contribution is 0.411. The molecule has 0 unspecified atom stereocenters. The summed E-state index contributed by atoms with van der Waals surface area (Å²) in [5.41, 5.74) is 3.28. The summed E-state index contributed by atoms with van der Waals surface area (Å²) in [5, 5.41) is 0. The zero-order chi connectivity index (χ0) is 10.5. The van der Waals surface area contributed by atoms with E-state index < -0.39 is 0 Å². The third kappa shape index (κ3) is 1.34. The predicted octanol–water partition coefficient (Wildman–Crippen LogP) is 2.83. The maximum atomic E-state index is 4.91. The smallest absolute Gasteiger partial charge is 0.109 e. The van der Waals surface area contributed by atoms with Gasteiger partial charge in [-0.3, -0.25) is 0 Å². The van der Waals surface area contributed by atoms with Crippen LogP contribution < -0.4 is 0 Å². The number of aromatic nitrogens is 2. The molecule has 1 aromatic rings. The highest BCUT2D eigenvalue weighted by Crippen LogP contribution is 2.37. The van der Waals surface area contributed by atoms with Gasteiger partial charge in [0.1, 0.15) is 5.82 Å². The van der Waals surface area contributed by atoms with Crippen molar-refractivity contribution >= 4 is 0 Å². The summed E-state index contributed by atoms with van der Waals surface area (Å²) in [6, 6.07) is 0. The highest BCUT2D eigenvalue weighted by atomic mass is 15.1. The van der Waals surface area contributed by atoms with Gasteiger partial charge in [-0.15, -0.1) is 0 Å². The van der Waals surface area contributed by atoms with Gasteiger partial charge in [-0.05, 0) is 32.1 Å². The molecule has 0 saturated carbocycles. The minimum absolute atomic E-state index is 0.317. The Balaban J connectivity index is 2.14. The third-order valence-corrected chi connectivity index (χ3v) is 4.04. The molecule has 1 aromatic heterocycles. The van der Waals surface area contributed by atoms with Crippen molar-refractivity contribution in [2.24, 2.45) is 0 Å². The van der Waals surface area contributed by atoms with Crippen molar-refractivity contribution < 1.29 is 0 Å². The lowest BCUT2D eigenvalue weighted by atomic mass is 9.78. The maximum Gasteiger partial charge on any atom is 0.109 e. The average molecular weight is 204 g/mol. The van der Waals surface area contributed by atoms with Gasteiger partial charge >= 0.3 is 0 Å². The topological polar surface area (TPSA) is 17.8 Å². The van der Waals surface area contributed by atoms with Crippen LogP contribution in [0.2, 0.25) is 0 Å². The van der Waals surface area contributed by atoms with E-state index in [4.69, 9.17) is 4.98 Å². The van der Waals surface area contributed by atoms with Gasteiger partial charge in [0, 0.05) is 24.1 Å². The molecule has 0 saturated heterocycles. The fourth-order valence-corrected chi connectivity index (χ4v) is 3.16. The van der Waals surface area contributed by atoms with E-state index in [2.05, 4.69) is 18.4 Å². The van der Waals surface area contributed by atoms with Crippen molar-refractivity contribution in [3.05, 3.63) is 17.2 Å². The Labute approximate surface area is 91.7 Å². The number of imidazole rings is 1. The summed E-state index contributed by atoms with van der Waals surface area (Å²) in [5.74, 6) is 1.36. The van der Waals surface area contributed by atoms with Gasteiger partial charge in [0.15, 0.2) is 0 Å². The van der Waals surface area contributed by atoms with E-state index in [1.807, 2.05) is 0 Å². The zero-order valence-electron chi connectivity index (χ0n) is 9.84. The van der Waals surface area contributed by atoms with E-state index >= 15 is 0 Å². The SMILES string of the molecule is CC1(C)CCCc2c1nc1n2CCCC1. The number of fused-ring (bicyclic) bond motifs is 3. The number of hydrogen-bond donors (Lipinski definition) is 0. The molecule has 2 nitrogen and oxygen atoms in total. The molecule has 1 aliphatic carbocycles. The van der Waals surface area contributed by atoms with E-state index in [0.29, 0.717) is 5.41 Å². The molecule has 0 radical (unpaired) electrons. The highest BCUT2D eigenvalue weighted by Gasteiger charge is 2.33. The Morgan fingerprint density at radius 3 is 2.87 bits per heavy atom. The summed E-state index contributed by atoms with van der Waals surface area (Å²) in [4.78, 5) is 4.91. The minimum Gasteiger partial charge on any atom is -0.332 e. The van der Waals surface area contributed by atoms with Gasteiger partial charge in [0.25, 0.3) is 0 Å². The molecular weight excluding hydrogens is 184 g/mol. The van der Waals surface area contributed by atoms with E-state index in [-0.39, 0.29) is 0 Å². The van der Waals surface area contributed by atoms with E-state index in [1.54, 1.807) is 5.69 Å². The standard InChI is InChI=1S/C13H20N2/c1-13(2)8-5-6-10-12(13)14-11-7-3-4-9-15(10)11/h3-9H2,1-2H3. The lowest BCUT2D eigenvalue weighted by Crippen LogP contribution is -2.25. The first-order chi connectivity index (χ1) is 7.18. The molecule has 15 heavy (non-hydrogen) atoms. The van der Waals surface area contributed by atoms with Gasteiger partial charge in [0.2, 0.25) is 0 Å². The summed E-state index contributed by atoms with van der Waals surface area (Å²) in [6.07, 6.45) is 7.77. The summed E-state index contributed by atoms with van der Waals surface area (Å²) in [7, 11) is 0. The fourth-order valence-electron chi connectivity index (χ4n) is 3.16. The molecule has 2 heteroatoms. The van der Waals surface area contributed by atoms with Crippen LogP contribution in [0, 0.1) is 0 Å². The van der Waals surface area contributed by atoms with Gasteiger partial charge in [0.05, 0.1) is 5.69 Å². The third-order valence-electron chi connectivity index (χ3n) is 4.04. The van der Waals surface area contributed by atoms with Crippen molar-refractivity contribution in [2.75, 3.05) is 0 Å². The van der Waals surface area contributed by atoms with Crippen LogP contribution in [0.1, 0.15) is 56.7 Å². The van der Waals surface area contributed by atoms with E-state index in [9.17, 15) is 0 Å². The average Bonchev–Trinajstić information content (AvgIpc) is 2.58.